The average molecular weight is 270 g/mol. The summed E-state index contributed by atoms with van der Waals surface area (Å²) in [6, 6.07) is 0.672. The standard InChI is InChI=1S/C14H26N2O3/c1-11(12-2-6-18-7-3-12)15-10-14(17)16-13-4-8-19-9-5-13/h11-13,15H,2-10H2,1H3,(H,16,17). The molecule has 1 amide bonds. The predicted molar refractivity (Wildman–Crippen MR) is 73.0 cm³/mol. The third-order valence-electron chi connectivity index (χ3n) is 4.14. The second-order valence-electron chi connectivity index (χ2n) is 5.57. The van der Waals surface area contributed by atoms with Gasteiger partial charge in [0.15, 0.2) is 0 Å². The molecule has 2 fully saturated rings. The van der Waals surface area contributed by atoms with Crippen LogP contribution in [0.15, 0.2) is 0 Å². The smallest absolute Gasteiger partial charge is 0.234 e. The Balaban J connectivity index is 1.61. The summed E-state index contributed by atoms with van der Waals surface area (Å²) in [6.07, 6.45) is 4.05. The fourth-order valence-corrected chi connectivity index (χ4v) is 2.76. The summed E-state index contributed by atoms with van der Waals surface area (Å²) >= 11 is 0. The molecule has 0 aromatic carbocycles. The Morgan fingerprint density at radius 1 is 1.11 bits per heavy atom. The van der Waals surface area contributed by atoms with Gasteiger partial charge in [-0.2, -0.15) is 0 Å². The van der Waals surface area contributed by atoms with Crippen LogP contribution in [0.5, 0.6) is 0 Å². The van der Waals surface area contributed by atoms with Crippen LogP contribution in [0.3, 0.4) is 0 Å². The number of hydrogen-bond donors (Lipinski definition) is 2. The summed E-state index contributed by atoms with van der Waals surface area (Å²) in [5, 5.41) is 6.41. The molecule has 19 heavy (non-hydrogen) atoms. The molecule has 110 valence electrons. The molecule has 0 spiro atoms. The number of nitrogens with one attached hydrogen (secondary N) is 2. The van der Waals surface area contributed by atoms with E-state index in [4.69, 9.17) is 9.47 Å². The van der Waals surface area contributed by atoms with Crippen LogP contribution in [0, 0.1) is 5.92 Å². The fourth-order valence-electron chi connectivity index (χ4n) is 2.76. The van der Waals surface area contributed by atoms with E-state index in [0.29, 0.717) is 24.5 Å². The van der Waals surface area contributed by atoms with Crippen molar-refractivity contribution >= 4 is 5.91 Å². The van der Waals surface area contributed by atoms with E-state index >= 15 is 0 Å². The van der Waals surface area contributed by atoms with Crippen molar-refractivity contribution in [2.24, 2.45) is 5.92 Å². The molecule has 5 nitrogen and oxygen atoms in total. The van der Waals surface area contributed by atoms with Gasteiger partial charge in [0.05, 0.1) is 6.54 Å². The number of carbonyl (C=O) groups is 1. The van der Waals surface area contributed by atoms with Crippen LogP contribution in [-0.4, -0.2) is 51.0 Å². The lowest BCUT2D eigenvalue weighted by molar-refractivity contribution is -0.121. The zero-order chi connectivity index (χ0) is 13.5. The Kier molecular flexibility index (Phi) is 6.07. The number of ether oxygens (including phenoxy) is 2. The van der Waals surface area contributed by atoms with E-state index in [1.54, 1.807) is 0 Å². The van der Waals surface area contributed by atoms with Gasteiger partial charge in [-0.15, -0.1) is 0 Å². The molecule has 0 aromatic rings. The van der Waals surface area contributed by atoms with E-state index in [9.17, 15) is 4.79 Å². The molecule has 2 aliphatic heterocycles. The van der Waals surface area contributed by atoms with Crippen molar-refractivity contribution in [3.8, 4) is 0 Å². The monoisotopic (exact) mass is 270 g/mol. The molecule has 1 atom stereocenters. The van der Waals surface area contributed by atoms with Gasteiger partial charge < -0.3 is 20.1 Å². The maximum atomic E-state index is 11.9. The van der Waals surface area contributed by atoms with Crippen molar-refractivity contribution in [1.82, 2.24) is 10.6 Å². The summed E-state index contributed by atoms with van der Waals surface area (Å²) < 4.78 is 10.6. The molecule has 0 aliphatic carbocycles. The van der Waals surface area contributed by atoms with Gasteiger partial charge in [-0.1, -0.05) is 0 Å². The highest BCUT2D eigenvalue weighted by atomic mass is 16.5. The van der Waals surface area contributed by atoms with Crippen LogP contribution in [0.2, 0.25) is 0 Å². The summed E-state index contributed by atoms with van der Waals surface area (Å²) in [5.74, 6) is 0.732. The maximum Gasteiger partial charge on any atom is 0.234 e. The third-order valence-corrected chi connectivity index (χ3v) is 4.14. The zero-order valence-electron chi connectivity index (χ0n) is 11.8. The first-order chi connectivity index (χ1) is 9.25. The Labute approximate surface area is 115 Å². The molecule has 2 N–H and O–H groups in total. The van der Waals surface area contributed by atoms with Crippen molar-refractivity contribution in [2.75, 3.05) is 33.0 Å². The minimum atomic E-state index is 0.103. The molecule has 2 heterocycles. The minimum absolute atomic E-state index is 0.103. The summed E-state index contributed by atoms with van der Waals surface area (Å²) in [6.45, 7) is 5.80. The van der Waals surface area contributed by atoms with Gasteiger partial charge in [0.25, 0.3) is 0 Å². The molecule has 1 unspecified atom stereocenters. The molecule has 0 saturated carbocycles. The highest BCUT2D eigenvalue weighted by Crippen LogP contribution is 2.18. The van der Waals surface area contributed by atoms with Gasteiger partial charge in [0.1, 0.15) is 0 Å². The lowest BCUT2D eigenvalue weighted by atomic mass is 9.93. The molecule has 2 aliphatic rings. The fraction of sp³-hybridized carbons (Fsp3) is 0.929. The zero-order valence-corrected chi connectivity index (χ0v) is 11.8. The first-order valence-electron chi connectivity index (χ1n) is 7.44. The van der Waals surface area contributed by atoms with Crippen LogP contribution in [0.1, 0.15) is 32.6 Å². The van der Waals surface area contributed by atoms with E-state index < -0.39 is 0 Å². The van der Waals surface area contributed by atoms with Gasteiger partial charge in [-0.25, -0.2) is 0 Å². The molecular weight excluding hydrogens is 244 g/mol. The minimum Gasteiger partial charge on any atom is -0.381 e. The van der Waals surface area contributed by atoms with Gasteiger partial charge >= 0.3 is 0 Å². The predicted octanol–water partition coefficient (Wildman–Crippen LogP) is 0.686. The van der Waals surface area contributed by atoms with Crippen LogP contribution >= 0.6 is 0 Å². The van der Waals surface area contributed by atoms with Crippen LogP contribution in [-0.2, 0) is 14.3 Å². The first-order valence-corrected chi connectivity index (χ1v) is 7.44. The van der Waals surface area contributed by atoms with Crippen molar-refractivity contribution < 1.29 is 14.3 Å². The second kappa shape index (κ2) is 7.82. The van der Waals surface area contributed by atoms with E-state index in [-0.39, 0.29) is 5.91 Å². The van der Waals surface area contributed by atoms with Crippen molar-refractivity contribution in [3.05, 3.63) is 0 Å². The Hall–Kier alpha value is -0.650. The van der Waals surface area contributed by atoms with Gasteiger partial charge in [-0.05, 0) is 38.5 Å². The van der Waals surface area contributed by atoms with Crippen molar-refractivity contribution in [3.63, 3.8) is 0 Å². The van der Waals surface area contributed by atoms with Crippen molar-refractivity contribution in [1.29, 1.82) is 0 Å². The topological polar surface area (TPSA) is 59.6 Å². The van der Waals surface area contributed by atoms with Gasteiger partial charge in [0.2, 0.25) is 5.91 Å². The Morgan fingerprint density at radius 3 is 2.32 bits per heavy atom. The lowest BCUT2D eigenvalue weighted by Crippen LogP contribution is -2.46. The average Bonchev–Trinajstić information content (AvgIpc) is 2.47. The normalized spacial score (nSPS) is 24.1. The van der Waals surface area contributed by atoms with Crippen LogP contribution in [0.4, 0.5) is 0 Å². The molecule has 2 rings (SSSR count). The quantitative estimate of drug-likeness (QED) is 0.771. The number of carbonyl (C=O) groups excluding carboxylic acids is 1. The van der Waals surface area contributed by atoms with E-state index in [1.165, 1.54) is 0 Å². The van der Waals surface area contributed by atoms with Crippen LogP contribution < -0.4 is 10.6 Å². The van der Waals surface area contributed by atoms with Gasteiger partial charge in [-0.3, -0.25) is 4.79 Å². The highest BCUT2D eigenvalue weighted by molar-refractivity contribution is 5.78. The second-order valence-corrected chi connectivity index (χ2v) is 5.57. The van der Waals surface area contributed by atoms with E-state index in [0.717, 1.165) is 52.1 Å². The summed E-state index contributed by atoms with van der Waals surface area (Å²) in [7, 11) is 0. The number of amides is 1. The third kappa shape index (κ3) is 5.09. The van der Waals surface area contributed by atoms with Crippen molar-refractivity contribution in [2.45, 2.75) is 44.7 Å². The van der Waals surface area contributed by atoms with Crippen LogP contribution in [0.25, 0.3) is 0 Å². The Morgan fingerprint density at radius 2 is 1.68 bits per heavy atom. The molecule has 2 saturated heterocycles. The molecule has 0 radical (unpaired) electrons. The number of rotatable bonds is 5. The number of hydrogen-bond acceptors (Lipinski definition) is 4. The summed E-state index contributed by atoms with van der Waals surface area (Å²) in [5.41, 5.74) is 0. The molecule has 0 aromatic heterocycles. The van der Waals surface area contributed by atoms with Gasteiger partial charge in [0, 0.05) is 38.5 Å². The SMILES string of the molecule is CC(NCC(=O)NC1CCOCC1)C1CCOCC1. The highest BCUT2D eigenvalue weighted by Gasteiger charge is 2.21. The summed E-state index contributed by atoms with van der Waals surface area (Å²) in [4.78, 5) is 11.9. The lowest BCUT2D eigenvalue weighted by Gasteiger charge is -2.29. The van der Waals surface area contributed by atoms with E-state index in [1.807, 2.05) is 0 Å². The first kappa shape index (κ1) is 14.8. The molecule has 5 heteroatoms. The maximum absolute atomic E-state index is 11.9. The van der Waals surface area contributed by atoms with E-state index in [2.05, 4.69) is 17.6 Å². The largest absolute Gasteiger partial charge is 0.381 e. The molecular formula is C14H26N2O3. The Bertz CT molecular complexity index is 274. The molecule has 0 bridgehead atoms.